The molecule has 0 spiro atoms. The monoisotopic (exact) mass is 642 g/mol. The van der Waals surface area contributed by atoms with Gasteiger partial charge in [0.15, 0.2) is 5.82 Å². The molecule has 2 nitrogen and oxygen atoms in total. The Kier molecular flexibility index (Phi) is 7.38. The van der Waals surface area contributed by atoms with Gasteiger partial charge in [-0.05, 0) is 75.8 Å². The van der Waals surface area contributed by atoms with Gasteiger partial charge in [-0.3, -0.25) is 0 Å². The molecule has 0 aliphatic rings. The lowest BCUT2D eigenvalue weighted by atomic mass is 9.94. The van der Waals surface area contributed by atoms with Gasteiger partial charge in [0, 0.05) is 36.9 Å². The van der Waals surface area contributed by atoms with Gasteiger partial charge in [0.25, 0.3) is 0 Å². The van der Waals surface area contributed by atoms with E-state index in [0.717, 1.165) is 39.2 Å². The molecule has 2 heterocycles. The molecule has 9 aromatic rings. The van der Waals surface area contributed by atoms with Gasteiger partial charge in [-0.1, -0.05) is 140 Å². The lowest BCUT2D eigenvalue weighted by Crippen LogP contribution is -1.96. The van der Waals surface area contributed by atoms with Crippen LogP contribution in [0.4, 0.5) is 0 Å². The quantitative estimate of drug-likeness (QED) is 0.180. The molecule has 0 saturated heterocycles. The van der Waals surface area contributed by atoms with Crippen molar-refractivity contribution in [1.82, 2.24) is 9.97 Å². The lowest BCUT2D eigenvalue weighted by molar-refractivity contribution is 1.18. The molecule has 0 unspecified atom stereocenters. The fourth-order valence-electron chi connectivity index (χ4n) is 6.57. The average Bonchev–Trinajstić information content (AvgIpc) is 3.57. The summed E-state index contributed by atoms with van der Waals surface area (Å²) >= 11 is 1.85. The number of aromatic nitrogens is 2. The van der Waals surface area contributed by atoms with Crippen LogP contribution in [0.1, 0.15) is 0 Å². The molecule has 3 heteroatoms. The van der Waals surface area contributed by atoms with Crippen LogP contribution in [0, 0.1) is 0 Å². The fraction of sp³-hybridized carbons (Fsp3) is 0. The van der Waals surface area contributed by atoms with E-state index in [1.54, 1.807) is 0 Å². The summed E-state index contributed by atoms with van der Waals surface area (Å²) in [6.45, 7) is 0. The van der Waals surface area contributed by atoms with Crippen molar-refractivity contribution in [2.75, 3.05) is 0 Å². The molecule has 0 radical (unpaired) electrons. The van der Waals surface area contributed by atoms with Crippen LogP contribution in [-0.4, -0.2) is 9.97 Å². The van der Waals surface area contributed by atoms with Crippen LogP contribution >= 0.6 is 11.3 Å². The zero-order valence-electron chi connectivity index (χ0n) is 26.6. The van der Waals surface area contributed by atoms with Crippen LogP contribution in [0.25, 0.3) is 87.5 Å². The summed E-state index contributed by atoms with van der Waals surface area (Å²) in [5, 5.41) is 2.59. The predicted molar refractivity (Wildman–Crippen MR) is 208 cm³/mol. The van der Waals surface area contributed by atoms with E-state index in [1.807, 2.05) is 35.6 Å². The molecule has 9 rings (SSSR count). The molecule has 0 saturated carbocycles. The van der Waals surface area contributed by atoms with Gasteiger partial charge in [0.1, 0.15) is 0 Å². The molecule has 0 fully saturated rings. The highest BCUT2D eigenvalue weighted by Crippen LogP contribution is 2.39. The molecule has 0 bridgehead atoms. The Morgan fingerprint density at radius 1 is 0.286 bits per heavy atom. The van der Waals surface area contributed by atoms with Gasteiger partial charge in [0.2, 0.25) is 0 Å². The van der Waals surface area contributed by atoms with Crippen LogP contribution in [-0.2, 0) is 0 Å². The van der Waals surface area contributed by atoms with Crippen molar-refractivity contribution < 1.29 is 0 Å². The van der Waals surface area contributed by atoms with E-state index < -0.39 is 0 Å². The van der Waals surface area contributed by atoms with Crippen molar-refractivity contribution in [3.63, 3.8) is 0 Å². The molecule has 0 aliphatic carbocycles. The highest BCUT2D eigenvalue weighted by atomic mass is 32.1. The summed E-state index contributed by atoms with van der Waals surface area (Å²) in [7, 11) is 0. The van der Waals surface area contributed by atoms with E-state index in [0.29, 0.717) is 5.82 Å². The van der Waals surface area contributed by atoms with Gasteiger partial charge < -0.3 is 0 Å². The van der Waals surface area contributed by atoms with E-state index in [1.165, 1.54) is 42.4 Å². The van der Waals surface area contributed by atoms with Crippen molar-refractivity contribution in [3.8, 4) is 67.3 Å². The first-order chi connectivity index (χ1) is 24.2. The predicted octanol–water partition coefficient (Wildman–Crippen LogP) is 12.8. The van der Waals surface area contributed by atoms with Crippen molar-refractivity contribution in [2.45, 2.75) is 0 Å². The fourth-order valence-corrected chi connectivity index (χ4v) is 7.65. The van der Waals surface area contributed by atoms with Crippen LogP contribution in [0.5, 0.6) is 0 Å². The lowest BCUT2D eigenvalue weighted by Gasteiger charge is -2.13. The smallest absolute Gasteiger partial charge is 0.160 e. The van der Waals surface area contributed by atoms with Crippen LogP contribution < -0.4 is 0 Å². The Balaban J connectivity index is 1.22. The second-order valence-electron chi connectivity index (χ2n) is 12.2. The summed E-state index contributed by atoms with van der Waals surface area (Å²) in [5.41, 5.74) is 11.9. The topological polar surface area (TPSA) is 25.8 Å². The third kappa shape index (κ3) is 5.71. The standard InChI is InChI=1S/C46H30N2S/c1-4-12-31(13-5-1)33-20-22-34(23-21-33)42-30-43(48-46(47-42)35-16-8-3-9-17-35)39-27-37(32-14-6-2-7-15-32)26-38(28-39)36-24-25-45-41(29-36)40-18-10-11-19-44(40)49-45/h1-30H. The summed E-state index contributed by atoms with van der Waals surface area (Å²) in [5.74, 6) is 0.707. The maximum absolute atomic E-state index is 5.21. The molecule has 2 aromatic heterocycles. The largest absolute Gasteiger partial charge is 0.228 e. The van der Waals surface area contributed by atoms with Crippen molar-refractivity contribution in [2.24, 2.45) is 0 Å². The second-order valence-corrected chi connectivity index (χ2v) is 13.3. The van der Waals surface area contributed by atoms with E-state index >= 15 is 0 Å². The number of fused-ring (bicyclic) bond motifs is 3. The maximum atomic E-state index is 5.21. The number of benzene rings is 7. The number of hydrogen-bond acceptors (Lipinski definition) is 3. The Morgan fingerprint density at radius 2 is 0.755 bits per heavy atom. The SMILES string of the molecule is c1ccc(-c2ccc(-c3cc(-c4cc(-c5ccccc5)cc(-c5ccc6sc7ccccc7c6c5)c4)nc(-c4ccccc4)n3)cc2)cc1. The summed E-state index contributed by atoms with van der Waals surface area (Å²) in [6, 6.07) is 64.5. The van der Waals surface area contributed by atoms with Crippen LogP contribution in [0.3, 0.4) is 0 Å². The average molecular weight is 643 g/mol. The van der Waals surface area contributed by atoms with Gasteiger partial charge in [-0.15, -0.1) is 11.3 Å². The molecule has 0 N–H and O–H groups in total. The van der Waals surface area contributed by atoms with E-state index in [-0.39, 0.29) is 0 Å². The molecule has 230 valence electrons. The first-order valence-corrected chi connectivity index (χ1v) is 17.3. The van der Waals surface area contributed by atoms with Crippen LogP contribution in [0.2, 0.25) is 0 Å². The third-order valence-electron chi connectivity index (χ3n) is 9.09. The van der Waals surface area contributed by atoms with E-state index in [9.17, 15) is 0 Å². The van der Waals surface area contributed by atoms with Crippen molar-refractivity contribution in [1.29, 1.82) is 0 Å². The van der Waals surface area contributed by atoms with Gasteiger partial charge in [-0.2, -0.15) is 0 Å². The number of nitrogens with zero attached hydrogens (tertiary/aromatic N) is 2. The number of hydrogen-bond donors (Lipinski definition) is 0. The highest BCUT2D eigenvalue weighted by molar-refractivity contribution is 7.25. The van der Waals surface area contributed by atoms with Gasteiger partial charge in [0.05, 0.1) is 11.4 Å². The molecular formula is C46H30N2S. The second kappa shape index (κ2) is 12.5. The first kappa shape index (κ1) is 29.0. The summed E-state index contributed by atoms with van der Waals surface area (Å²) in [4.78, 5) is 10.3. The zero-order chi connectivity index (χ0) is 32.6. The molecular weight excluding hydrogens is 613 g/mol. The molecule has 0 amide bonds. The van der Waals surface area contributed by atoms with Crippen LogP contribution in [0.15, 0.2) is 182 Å². The Morgan fingerprint density at radius 3 is 1.45 bits per heavy atom. The maximum Gasteiger partial charge on any atom is 0.160 e. The molecule has 0 aliphatic heterocycles. The minimum atomic E-state index is 0.707. The summed E-state index contributed by atoms with van der Waals surface area (Å²) < 4.78 is 2.61. The first-order valence-electron chi connectivity index (χ1n) is 16.5. The zero-order valence-corrected chi connectivity index (χ0v) is 27.4. The minimum absolute atomic E-state index is 0.707. The van der Waals surface area contributed by atoms with Gasteiger partial charge in [-0.25, -0.2) is 9.97 Å². The Hall–Kier alpha value is -6.16. The Labute approximate surface area is 289 Å². The van der Waals surface area contributed by atoms with Crippen molar-refractivity contribution >= 4 is 31.5 Å². The highest BCUT2D eigenvalue weighted by Gasteiger charge is 2.15. The molecule has 49 heavy (non-hydrogen) atoms. The number of thiophene rings is 1. The normalized spacial score (nSPS) is 11.3. The minimum Gasteiger partial charge on any atom is -0.228 e. The molecule has 0 atom stereocenters. The van der Waals surface area contributed by atoms with E-state index in [2.05, 4.69) is 158 Å². The Bertz CT molecular complexity index is 2570. The van der Waals surface area contributed by atoms with Gasteiger partial charge >= 0.3 is 0 Å². The third-order valence-corrected chi connectivity index (χ3v) is 10.2. The summed E-state index contributed by atoms with van der Waals surface area (Å²) in [6.07, 6.45) is 0. The van der Waals surface area contributed by atoms with E-state index in [4.69, 9.17) is 9.97 Å². The van der Waals surface area contributed by atoms with Crippen molar-refractivity contribution in [3.05, 3.63) is 182 Å². The number of rotatable bonds is 6. The molecule has 7 aromatic carbocycles.